The minimum atomic E-state index is -0.789. The Kier molecular flexibility index (Phi) is 18.3. The fourth-order valence-electron chi connectivity index (χ4n) is 4.99. The van der Waals surface area contributed by atoms with E-state index >= 15 is 0 Å². The van der Waals surface area contributed by atoms with Crippen molar-refractivity contribution in [2.75, 3.05) is 0 Å². The Morgan fingerprint density at radius 3 is 1.42 bits per heavy atom. The molecule has 0 radical (unpaired) electrons. The van der Waals surface area contributed by atoms with E-state index in [1.807, 2.05) is 27.7 Å². The molecule has 0 rings (SSSR count). The lowest BCUT2D eigenvalue weighted by molar-refractivity contribution is -0.177. The third-order valence-electron chi connectivity index (χ3n) is 7.73. The third kappa shape index (κ3) is 14.3. The lowest BCUT2D eigenvalue weighted by Gasteiger charge is -2.52. The highest BCUT2D eigenvalue weighted by atomic mass is 16.5. The number of rotatable bonds is 21. The topological polar surface area (TPSA) is 72.9 Å². The van der Waals surface area contributed by atoms with Crippen LogP contribution in [0.5, 0.6) is 0 Å². The van der Waals surface area contributed by atoms with Gasteiger partial charge in [0.25, 0.3) is 0 Å². The summed E-state index contributed by atoms with van der Waals surface area (Å²) in [5.74, 6) is -0.794. The second-order valence-corrected chi connectivity index (χ2v) is 11.9. The lowest BCUT2D eigenvalue weighted by atomic mass is 9.85. The third-order valence-corrected chi connectivity index (χ3v) is 7.73. The number of carbonyl (C=O) groups is 3. The molecule has 6 heteroatoms. The van der Waals surface area contributed by atoms with Crippen LogP contribution in [0.15, 0.2) is 12.2 Å². The van der Waals surface area contributed by atoms with Crippen LogP contribution in [-0.4, -0.2) is 46.0 Å². The maximum absolute atomic E-state index is 13.6. The summed E-state index contributed by atoms with van der Waals surface area (Å²) >= 11 is 0. The minimum Gasteiger partial charge on any atom is -0.460 e. The summed E-state index contributed by atoms with van der Waals surface area (Å²) in [7, 11) is 0. The normalized spacial score (nSPS) is 13.8. The van der Waals surface area contributed by atoms with Gasteiger partial charge in [-0.3, -0.25) is 14.4 Å². The smallest absolute Gasteiger partial charge is 0.302 e. The Morgan fingerprint density at radius 2 is 1.03 bits per heavy atom. The maximum Gasteiger partial charge on any atom is 0.302 e. The molecule has 2 unspecified atom stereocenters. The van der Waals surface area contributed by atoms with Gasteiger partial charge in [-0.2, -0.15) is 0 Å². The zero-order valence-electron chi connectivity index (χ0n) is 26.2. The van der Waals surface area contributed by atoms with Crippen LogP contribution in [-0.2, 0) is 23.9 Å². The van der Waals surface area contributed by atoms with Crippen LogP contribution in [0, 0.1) is 0 Å². The molecule has 0 spiro atoms. The average Bonchev–Trinajstić information content (AvgIpc) is 2.80. The molecule has 0 aromatic heterocycles. The molecular weight excluding hydrogens is 478 g/mol. The molecule has 0 N–H and O–H groups in total. The fourth-order valence-corrected chi connectivity index (χ4v) is 4.99. The first-order valence-electron chi connectivity index (χ1n) is 15.1. The molecule has 0 saturated heterocycles. The largest absolute Gasteiger partial charge is 0.460 e. The predicted octanol–water partition coefficient (Wildman–Crippen LogP) is 8.31. The molecule has 0 aromatic rings. The Labute approximate surface area is 234 Å². The Hall–Kier alpha value is -1.85. The number of amides is 1. The minimum absolute atomic E-state index is 0.0179. The summed E-state index contributed by atoms with van der Waals surface area (Å²) in [4.78, 5) is 38.7. The molecule has 0 aliphatic carbocycles. The second kappa shape index (κ2) is 19.2. The second-order valence-electron chi connectivity index (χ2n) is 11.9. The Bertz CT molecular complexity index is 679. The summed E-state index contributed by atoms with van der Waals surface area (Å²) in [6.45, 7) is 16.2. The standard InChI is InChI=1S/C32H59NO5/c1-10-11-12-13-14-15-16-17-18-19-20-21-22-23-24-25-30(36)33(31(6,7)26(2)37-28(4)34)32(8,9)27(3)38-29(5)35/h17-18,26-27H,10-16,19-25H2,1-9H3. The van der Waals surface area contributed by atoms with Crippen LogP contribution < -0.4 is 0 Å². The molecule has 0 bridgehead atoms. The summed E-state index contributed by atoms with van der Waals surface area (Å²) in [6.07, 6.45) is 19.7. The zero-order chi connectivity index (χ0) is 29.2. The monoisotopic (exact) mass is 537 g/mol. The molecule has 0 aliphatic rings. The van der Waals surface area contributed by atoms with E-state index in [1.165, 1.54) is 71.6 Å². The highest BCUT2D eigenvalue weighted by molar-refractivity contribution is 5.78. The molecule has 2 atom stereocenters. The van der Waals surface area contributed by atoms with Crippen LogP contribution in [0.3, 0.4) is 0 Å². The summed E-state index contributed by atoms with van der Waals surface area (Å²) in [5, 5.41) is 0. The van der Waals surface area contributed by atoms with Crippen molar-refractivity contribution in [2.45, 2.75) is 175 Å². The van der Waals surface area contributed by atoms with Gasteiger partial charge in [-0.15, -0.1) is 0 Å². The van der Waals surface area contributed by atoms with Crippen molar-refractivity contribution in [3.05, 3.63) is 12.2 Å². The van der Waals surface area contributed by atoms with Crippen molar-refractivity contribution in [3.63, 3.8) is 0 Å². The molecule has 222 valence electrons. The molecule has 6 nitrogen and oxygen atoms in total. The van der Waals surface area contributed by atoms with E-state index in [0.717, 1.165) is 25.7 Å². The van der Waals surface area contributed by atoms with E-state index in [2.05, 4.69) is 19.1 Å². The Balaban J connectivity index is 4.71. The van der Waals surface area contributed by atoms with Gasteiger partial charge in [0.05, 0.1) is 11.1 Å². The number of nitrogens with zero attached hydrogens (tertiary/aromatic N) is 1. The van der Waals surface area contributed by atoms with Crippen LogP contribution in [0.4, 0.5) is 0 Å². The van der Waals surface area contributed by atoms with Crippen LogP contribution in [0.25, 0.3) is 0 Å². The van der Waals surface area contributed by atoms with Gasteiger partial charge >= 0.3 is 11.9 Å². The van der Waals surface area contributed by atoms with Crippen LogP contribution in [0.1, 0.15) is 152 Å². The Morgan fingerprint density at radius 1 is 0.658 bits per heavy atom. The predicted molar refractivity (Wildman–Crippen MR) is 157 cm³/mol. The molecule has 1 amide bonds. The number of hydrogen-bond donors (Lipinski definition) is 0. The van der Waals surface area contributed by atoms with Crippen molar-refractivity contribution in [2.24, 2.45) is 0 Å². The van der Waals surface area contributed by atoms with E-state index in [-0.39, 0.29) is 17.8 Å². The van der Waals surface area contributed by atoms with Gasteiger partial charge in [-0.05, 0) is 73.6 Å². The molecule has 38 heavy (non-hydrogen) atoms. The van der Waals surface area contributed by atoms with E-state index in [4.69, 9.17) is 9.47 Å². The van der Waals surface area contributed by atoms with Crippen molar-refractivity contribution in [1.82, 2.24) is 4.90 Å². The highest BCUT2D eigenvalue weighted by Crippen LogP contribution is 2.34. The molecule has 0 aromatic carbocycles. The van der Waals surface area contributed by atoms with Gasteiger partial charge in [0.15, 0.2) is 0 Å². The first kappa shape index (κ1) is 36.1. The molecule has 0 aliphatic heterocycles. The SMILES string of the molecule is CCCCCCCCC=CCCCCCCCC(=O)N(C(C)(C)C(C)OC(C)=O)C(C)(C)C(C)OC(C)=O. The van der Waals surface area contributed by atoms with E-state index in [1.54, 1.807) is 18.7 Å². The summed E-state index contributed by atoms with van der Waals surface area (Å²) < 4.78 is 11.0. The van der Waals surface area contributed by atoms with E-state index in [0.29, 0.717) is 6.42 Å². The number of esters is 2. The zero-order valence-corrected chi connectivity index (χ0v) is 26.2. The van der Waals surface area contributed by atoms with Crippen molar-refractivity contribution in [3.8, 4) is 0 Å². The van der Waals surface area contributed by atoms with Crippen LogP contribution in [0.2, 0.25) is 0 Å². The number of carbonyl (C=O) groups excluding carboxylic acids is 3. The van der Waals surface area contributed by atoms with Crippen molar-refractivity contribution >= 4 is 17.8 Å². The van der Waals surface area contributed by atoms with Crippen molar-refractivity contribution < 1.29 is 23.9 Å². The maximum atomic E-state index is 13.6. The summed E-state index contributed by atoms with van der Waals surface area (Å²) in [5.41, 5.74) is -1.58. The van der Waals surface area contributed by atoms with Crippen LogP contribution >= 0.6 is 0 Å². The van der Waals surface area contributed by atoms with Gasteiger partial charge in [0.2, 0.25) is 5.91 Å². The average molecular weight is 538 g/mol. The number of allylic oxidation sites excluding steroid dienone is 2. The van der Waals surface area contributed by atoms with Gasteiger partial charge in [0.1, 0.15) is 12.2 Å². The van der Waals surface area contributed by atoms with Crippen molar-refractivity contribution in [1.29, 1.82) is 0 Å². The molecule has 0 fully saturated rings. The quantitative estimate of drug-likeness (QED) is 0.0836. The number of ether oxygens (including phenoxy) is 2. The number of hydrogen-bond acceptors (Lipinski definition) is 5. The van der Waals surface area contributed by atoms with Gasteiger partial charge in [-0.1, -0.05) is 70.4 Å². The first-order valence-corrected chi connectivity index (χ1v) is 15.1. The van der Waals surface area contributed by atoms with E-state index < -0.39 is 23.3 Å². The molecule has 0 heterocycles. The first-order chi connectivity index (χ1) is 17.8. The summed E-state index contributed by atoms with van der Waals surface area (Å²) in [6, 6.07) is 0. The molecular formula is C32H59NO5. The fraction of sp³-hybridized carbons (Fsp3) is 0.844. The lowest BCUT2D eigenvalue weighted by Crippen LogP contribution is -2.66. The molecule has 0 saturated carbocycles. The van der Waals surface area contributed by atoms with Gasteiger partial charge < -0.3 is 14.4 Å². The highest BCUT2D eigenvalue weighted by Gasteiger charge is 2.48. The van der Waals surface area contributed by atoms with E-state index in [9.17, 15) is 14.4 Å². The number of unbranched alkanes of at least 4 members (excludes halogenated alkanes) is 11. The van der Waals surface area contributed by atoms with Gasteiger partial charge in [0, 0.05) is 20.3 Å². The van der Waals surface area contributed by atoms with Gasteiger partial charge in [-0.25, -0.2) is 0 Å².